The summed E-state index contributed by atoms with van der Waals surface area (Å²) in [5, 5.41) is 21.0. The topological polar surface area (TPSA) is 94.0 Å². The van der Waals surface area contributed by atoms with Crippen molar-refractivity contribution >= 4 is 17.7 Å². The highest BCUT2D eigenvalue weighted by atomic mass is 32.2. The molecule has 0 unspecified atom stereocenters. The average Bonchev–Trinajstić information content (AvgIpc) is 3.02. The van der Waals surface area contributed by atoms with E-state index in [9.17, 15) is 4.79 Å². The Hall–Kier alpha value is -1.83. The van der Waals surface area contributed by atoms with Crippen LogP contribution in [-0.2, 0) is 17.8 Å². The Morgan fingerprint density at radius 1 is 1.47 bits per heavy atom. The summed E-state index contributed by atoms with van der Waals surface area (Å²) >= 11 is 1.00. The van der Waals surface area contributed by atoms with Gasteiger partial charge in [-0.05, 0) is 19.4 Å². The van der Waals surface area contributed by atoms with Crippen molar-refractivity contribution in [3.63, 3.8) is 0 Å². The zero-order chi connectivity index (χ0) is 13.8. The molecule has 2 heterocycles. The number of aryl methyl sites for hydroxylation is 2. The van der Waals surface area contributed by atoms with E-state index in [0.717, 1.165) is 29.6 Å². The first-order valence-electron chi connectivity index (χ1n) is 5.89. The van der Waals surface area contributed by atoms with Crippen LogP contribution in [0.5, 0.6) is 0 Å². The molecule has 1 N–H and O–H groups in total. The Labute approximate surface area is 114 Å². The van der Waals surface area contributed by atoms with Crippen molar-refractivity contribution in [1.82, 2.24) is 20.0 Å². The van der Waals surface area contributed by atoms with Gasteiger partial charge in [0.2, 0.25) is 0 Å². The summed E-state index contributed by atoms with van der Waals surface area (Å²) in [7, 11) is 0. The maximum absolute atomic E-state index is 10.5. The van der Waals surface area contributed by atoms with E-state index in [-0.39, 0.29) is 11.0 Å². The lowest BCUT2D eigenvalue weighted by molar-refractivity contribution is -0.133. The number of aromatic nitrogens is 4. The molecular formula is C11H14N4O3S. The van der Waals surface area contributed by atoms with E-state index in [0.29, 0.717) is 12.4 Å². The molecule has 0 bridgehead atoms. The molecule has 0 amide bonds. The van der Waals surface area contributed by atoms with E-state index in [1.165, 1.54) is 0 Å². The van der Waals surface area contributed by atoms with Crippen molar-refractivity contribution in [2.75, 3.05) is 5.75 Å². The number of rotatable bonds is 6. The van der Waals surface area contributed by atoms with E-state index in [2.05, 4.69) is 15.3 Å². The average molecular weight is 282 g/mol. The molecule has 19 heavy (non-hydrogen) atoms. The van der Waals surface area contributed by atoms with E-state index < -0.39 is 5.97 Å². The van der Waals surface area contributed by atoms with Crippen molar-refractivity contribution < 1.29 is 14.3 Å². The van der Waals surface area contributed by atoms with Crippen LogP contribution < -0.4 is 0 Å². The molecule has 0 fully saturated rings. The number of thioether (sulfide) groups is 1. The number of hydrogen-bond donors (Lipinski definition) is 1. The molecule has 0 aliphatic carbocycles. The van der Waals surface area contributed by atoms with Gasteiger partial charge in [-0.15, -0.1) is 10.2 Å². The molecule has 0 radical (unpaired) electrons. The first-order valence-corrected chi connectivity index (χ1v) is 6.87. The van der Waals surface area contributed by atoms with Crippen LogP contribution in [0.2, 0.25) is 0 Å². The highest BCUT2D eigenvalue weighted by Gasteiger charge is 2.15. The number of hydrogen-bond acceptors (Lipinski definition) is 6. The molecule has 0 saturated carbocycles. The Morgan fingerprint density at radius 3 is 2.89 bits per heavy atom. The van der Waals surface area contributed by atoms with Gasteiger partial charge in [-0.3, -0.25) is 9.48 Å². The highest BCUT2D eigenvalue weighted by Crippen LogP contribution is 2.24. The first-order chi connectivity index (χ1) is 9.13. The summed E-state index contributed by atoms with van der Waals surface area (Å²) in [6.07, 6.45) is 0.828. The standard InChI is InChI=1S/C11H14N4O3S/c1-3-7-5-8(15(4-2)14-7)10-12-13-11(18-10)19-6-9(16)17/h5H,3-4,6H2,1-2H3,(H,16,17). The van der Waals surface area contributed by atoms with Gasteiger partial charge in [-0.25, -0.2) is 0 Å². The van der Waals surface area contributed by atoms with Crippen molar-refractivity contribution in [2.45, 2.75) is 32.0 Å². The lowest BCUT2D eigenvalue weighted by atomic mass is 10.3. The zero-order valence-electron chi connectivity index (χ0n) is 10.7. The molecule has 0 spiro atoms. The normalized spacial score (nSPS) is 10.8. The van der Waals surface area contributed by atoms with Crippen LogP contribution in [-0.4, -0.2) is 36.8 Å². The van der Waals surface area contributed by atoms with Gasteiger partial charge >= 0.3 is 5.97 Å². The fraction of sp³-hybridized carbons (Fsp3) is 0.455. The number of aliphatic carboxylic acids is 1. The van der Waals surface area contributed by atoms with Gasteiger partial charge in [0, 0.05) is 6.54 Å². The molecular weight excluding hydrogens is 268 g/mol. The third-order valence-electron chi connectivity index (χ3n) is 2.44. The van der Waals surface area contributed by atoms with Crippen molar-refractivity contribution in [2.24, 2.45) is 0 Å². The summed E-state index contributed by atoms with van der Waals surface area (Å²) in [6.45, 7) is 4.70. The van der Waals surface area contributed by atoms with Crippen LogP contribution in [0.3, 0.4) is 0 Å². The smallest absolute Gasteiger partial charge is 0.314 e. The predicted molar refractivity (Wildman–Crippen MR) is 68.9 cm³/mol. The van der Waals surface area contributed by atoms with E-state index >= 15 is 0 Å². The second-order valence-corrected chi connectivity index (χ2v) is 4.67. The van der Waals surface area contributed by atoms with Gasteiger partial charge in [0.25, 0.3) is 11.1 Å². The Kier molecular flexibility index (Phi) is 4.20. The molecule has 0 saturated heterocycles. The van der Waals surface area contributed by atoms with Crippen LogP contribution >= 0.6 is 11.8 Å². The summed E-state index contributed by atoms with van der Waals surface area (Å²) in [5.74, 6) is -0.659. The SMILES string of the molecule is CCc1cc(-c2nnc(SCC(=O)O)o2)n(CC)n1. The Morgan fingerprint density at radius 2 is 2.26 bits per heavy atom. The zero-order valence-corrected chi connectivity index (χ0v) is 11.5. The van der Waals surface area contributed by atoms with Crippen LogP contribution in [0.4, 0.5) is 0 Å². The third kappa shape index (κ3) is 3.14. The maximum atomic E-state index is 10.5. The lowest BCUT2D eigenvalue weighted by Gasteiger charge is -1.98. The van der Waals surface area contributed by atoms with Crippen LogP contribution in [0, 0.1) is 0 Å². The molecule has 2 rings (SSSR count). The van der Waals surface area contributed by atoms with Crippen molar-refractivity contribution in [3.8, 4) is 11.6 Å². The van der Waals surface area contributed by atoms with Gasteiger partial charge in [0.1, 0.15) is 11.4 Å². The summed E-state index contributed by atoms with van der Waals surface area (Å²) in [4.78, 5) is 10.5. The van der Waals surface area contributed by atoms with Crippen LogP contribution in [0.25, 0.3) is 11.6 Å². The molecule has 0 aromatic carbocycles. The molecule has 2 aromatic rings. The Balaban J connectivity index is 2.22. The van der Waals surface area contributed by atoms with Crippen molar-refractivity contribution in [1.29, 1.82) is 0 Å². The monoisotopic (exact) mass is 282 g/mol. The highest BCUT2D eigenvalue weighted by molar-refractivity contribution is 7.99. The van der Waals surface area contributed by atoms with Gasteiger partial charge in [-0.2, -0.15) is 5.10 Å². The minimum Gasteiger partial charge on any atom is -0.481 e. The van der Waals surface area contributed by atoms with E-state index in [4.69, 9.17) is 9.52 Å². The number of carboxylic acid groups (broad SMARTS) is 1. The molecule has 8 heteroatoms. The second kappa shape index (κ2) is 5.87. The van der Waals surface area contributed by atoms with E-state index in [1.54, 1.807) is 4.68 Å². The molecule has 0 aliphatic rings. The fourth-order valence-corrected chi connectivity index (χ4v) is 2.03. The Bertz CT molecular complexity index is 578. The second-order valence-electron chi connectivity index (χ2n) is 3.75. The summed E-state index contributed by atoms with van der Waals surface area (Å²) in [5.41, 5.74) is 1.71. The largest absolute Gasteiger partial charge is 0.481 e. The lowest BCUT2D eigenvalue weighted by Crippen LogP contribution is -1.99. The minimum atomic E-state index is -0.920. The van der Waals surface area contributed by atoms with E-state index in [1.807, 2.05) is 19.9 Å². The predicted octanol–water partition coefficient (Wildman–Crippen LogP) is 1.69. The van der Waals surface area contributed by atoms with Gasteiger partial charge in [-0.1, -0.05) is 18.7 Å². The number of carboxylic acids is 1. The molecule has 2 aromatic heterocycles. The third-order valence-corrected chi connectivity index (χ3v) is 3.24. The summed E-state index contributed by atoms with van der Waals surface area (Å²) < 4.78 is 7.23. The first kappa shape index (κ1) is 13.6. The molecule has 0 aliphatic heterocycles. The number of nitrogens with zero attached hydrogens (tertiary/aromatic N) is 4. The van der Waals surface area contributed by atoms with Gasteiger partial charge < -0.3 is 9.52 Å². The van der Waals surface area contributed by atoms with Crippen LogP contribution in [0.15, 0.2) is 15.7 Å². The fourth-order valence-electron chi connectivity index (χ4n) is 1.55. The quantitative estimate of drug-likeness (QED) is 0.805. The van der Waals surface area contributed by atoms with Gasteiger partial charge in [0.15, 0.2) is 0 Å². The summed E-state index contributed by atoms with van der Waals surface area (Å²) in [6, 6.07) is 1.91. The maximum Gasteiger partial charge on any atom is 0.314 e. The molecule has 0 atom stereocenters. The van der Waals surface area contributed by atoms with Crippen LogP contribution in [0.1, 0.15) is 19.5 Å². The number of carbonyl (C=O) groups is 1. The minimum absolute atomic E-state index is 0.102. The van der Waals surface area contributed by atoms with Crippen molar-refractivity contribution in [3.05, 3.63) is 11.8 Å². The molecule has 102 valence electrons. The van der Waals surface area contributed by atoms with Gasteiger partial charge in [0.05, 0.1) is 5.69 Å². The molecule has 7 nitrogen and oxygen atoms in total.